The van der Waals surface area contributed by atoms with Crippen molar-refractivity contribution in [2.24, 2.45) is 0 Å². The van der Waals surface area contributed by atoms with E-state index in [-0.39, 0.29) is 18.6 Å². The highest BCUT2D eigenvalue weighted by Crippen LogP contribution is 2.10. The molecule has 1 unspecified atom stereocenters. The van der Waals surface area contributed by atoms with Crippen molar-refractivity contribution < 1.29 is 24.2 Å². The molecule has 0 aromatic rings. The molecule has 1 atom stereocenters. The molecule has 0 bridgehead atoms. The minimum atomic E-state index is -0.872. The monoisotopic (exact) mass is 274 g/mol. The quantitative estimate of drug-likeness (QED) is 0.649. The Morgan fingerprint density at radius 3 is 2.68 bits per heavy atom. The van der Waals surface area contributed by atoms with Gasteiger partial charge in [-0.05, 0) is 20.3 Å². The van der Waals surface area contributed by atoms with E-state index in [9.17, 15) is 9.59 Å². The number of urea groups is 1. The van der Waals surface area contributed by atoms with Crippen molar-refractivity contribution in [2.75, 3.05) is 26.4 Å². The number of aliphatic carboxylic acids is 1. The molecular weight excluding hydrogens is 252 g/mol. The van der Waals surface area contributed by atoms with Crippen molar-refractivity contribution in [3.8, 4) is 0 Å². The summed E-state index contributed by atoms with van der Waals surface area (Å²) in [6.45, 7) is 5.55. The lowest BCUT2D eigenvalue weighted by molar-refractivity contribution is -0.137. The molecule has 7 nitrogen and oxygen atoms in total. The molecule has 1 aliphatic rings. The SMILES string of the molecule is CC(C)(CCC(=O)O)NC(=O)NCC1COCCO1. The third-order valence-electron chi connectivity index (χ3n) is 2.79. The molecule has 0 aliphatic carbocycles. The molecule has 1 saturated heterocycles. The summed E-state index contributed by atoms with van der Waals surface area (Å²) >= 11 is 0. The standard InChI is InChI=1S/C12H22N2O5/c1-12(2,4-3-10(15)16)14-11(17)13-7-9-8-18-5-6-19-9/h9H,3-8H2,1-2H3,(H,15,16)(H2,13,14,17). The summed E-state index contributed by atoms with van der Waals surface area (Å²) in [5, 5.41) is 14.1. The fraction of sp³-hybridized carbons (Fsp3) is 0.833. The smallest absolute Gasteiger partial charge is 0.315 e. The summed E-state index contributed by atoms with van der Waals surface area (Å²) in [7, 11) is 0. The van der Waals surface area contributed by atoms with Crippen LogP contribution in [0, 0.1) is 0 Å². The molecule has 1 heterocycles. The summed E-state index contributed by atoms with van der Waals surface area (Å²) in [6, 6.07) is -0.329. The van der Waals surface area contributed by atoms with E-state index in [0.717, 1.165) is 0 Å². The number of carboxylic acids is 1. The van der Waals surface area contributed by atoms with Crippen LogP contribution in [0.25, 0.3) is 0 Å². The van der Waals surface area contributed by atoms with Gasteiger partial charge in [-0.2, -0.15) is 0 Å². The number of rotatable bonds is 6. The number of ether oxygens (including phenoxy) is 2. The summed E-state index contributed by atoms with van der Waals surface area (Å²) in [5.74, 6) is -0.872. The Morgan fingerprint density at radius 2 is 2.11 bits per heavy atom. The third-order valence-corrected chi connectivity index (χ3v) is 2.79. The number of amides is 2. The van der Waals surface area contributed by atoms with Gasteiger partial charge < -0.3 is 25.2 Å². The lowest BCUT2D eigenvalue weighted by atomic mass is 9.99. The van der Waals surface area contributed by atoms with Crippen LogP contribution in [0.2, 0.25) is 0 Å². The Kier molecular flexibility index (Phi) is 6.04. The minimum absolute atomic E-state index is 0.0207. The zero-order chi connectivity index (χ0) is 14.3. The first-order valence-electron chi connectivity index (χ1n) is 6.36. The van der Waals surface area contributed by atoms with Crippen molar-refractivity contribution in [3.63, 3.8) is 0 Å². The van der Waals surface area contributed by atoms with Crippen LogP contribution in [0.3, 0.4) is 0 Å². The van der Waals surface area contributed by atoms with Gasteiger partial charge in [0.15, 0.2) is 0 Å². The average molecular weight is 274 g/mol. The van der Waals surface area contributed by atoms with Gasteiger partial charge in [-0.3, -0.25) is 4.79 Å². The molecule has 3 N–H and O–H groups in total. The van der Waals surface area contributed by atoms with Crippen molar-refractivity contribution in [1.29, 1.82) is 0 Å². The van der Waals surface area contributed by atoms with Crippen molar-refractivity contribution >= 4 is 12.0 Å². The second-order valence-electron chi connectivity index (χ2n) is 5.18. The third kappa shape index (κ3) is 6.97. The Labute approximate surface area is 112 Å². The van der Waals surface area contributed by atoms with Crippen LogP contribution in [-0.4, -0.2) is 55.1 Å². The molecule has 7 heteroatoms. The summed E-state index contributed by atoms with van der Waals surface area (Å²) in [5.41, 5.74) is -0.563. The highest BCUT2D eigenvalue weighted by atomic mass is 16.6. The maximum atomic E-state index is 11.7. The molecule has 0 saturated carbocycles. The van der Waals surface area contributed by atoms with Crippen LogP contribution in [0.5, 0.6) is 0 Å². The molecule has 1 aliphatic heterocycles. The lowest BCUT2D eigenvalue weighted by Crippen LogP contribution is -2.51. The first kappa shape index (κ1) is 15.7. The van der Waals surface area contributed by atoms with Crippen LogP contribution < -0.4 is 10.6 Å². The van der Waals surface area contributed by atoms with E-state index in [2.05, 4.69) is 10.6 Å². The highest BCUT2D eigenvalue weighted by Gasteiger charge is 2.22. The van der Waals surface area contributed by atoms with Gasteiger partial charge in [0.1, 0.15) is 0 Å². The maximum absolute atomic E-state index is 11.7. The summed E-state index contributed by atoms with van der Waals surface area (Å²) < 4.78 is 10.6. The van der Waals surface area contributed by atoms with E-state index in [1.165, 1.54) is 0 Å². The predicted molar refractivity (Wildman–Crippen MR) is 68.0 cm³/mol. The van der Waals surface area contributed by atoms with Gasteiger partial charge in [0.2, 0.25) is 0 Å². The van der Waals surface area contributed by atoms with E-state index in [1.807, 2.05) is 0 Å². The zero-order valence-corrected chi connectivity index (χ0v) is 11.4. The molecule has 1 rings (SSSR count). The van der Waals surface area contributed by atoms with Crippen LogP contribution in [0.4, 0.5) is 4.79 Å². The maximum Gasteiger partial charge on any atom is 0.315 e. The van der Waals surface area contributed by atoms with E-state index < -0.39 is 11.5 Å². The molecule has 1 fully saturated rings. The van der Waals surface area contributed by atoms with E-state index in [1.54, 1.807) is 13.8 Å². The zero-order valence-electron chi connectivity index (χ0n) is 11.4. The second kappa shape index (κ2) is 7.30. The fourth-order valence-electron chi connectivity index (χ4n) is 1.69. The number of carbonyl (C=O) groups excluding carboxylic acids is 1. The minimum Gasteiger partial charge on any atom is -0.481 e. The van der Waals surface area contributed by atoms with Crippen molar-refractivity contribution in [3.05, 3.63) is 0 Å². The number of hydrogen-bond acceptors (Lipinski definition) is 4. The Bertz CT molecular complexity index is 313. The fourth-order valence-corrected chi connectivity index (χ4v) is 1.69. The van der Waals surface area contributed by atoms with Gasteiger partial charge in [0.25, 0.3) is 0 Å². The predicted octanol–water partition coefficient (Wildman–Crippen LogP) is 0.344. The van der Waals surface area contributed by atoms with E-state index in [0.29, 0.717) is 32.8 Å². The van der Waals surface area contributed by atoms with Gasteiger partial charge in [0.05, 0.1) is 25.9 Å². The molecule has 0 aromatic carbocycles. The number of nitrogens with one attached hydrogen (secondary N) is 2. The highest BCUT2D eigenvalue weighted by molar-refractivity contribution is 5.75. The number of hydrogen-bond donors (Lipinski definition) is 3. The van der Waals surface area contributed by atoms with Crippen LogP contribution in [0.1, 0.15) is 26.7 Å². The van der Waals surface area contributed by atoms with E-state index >= 15 is 0 Å². The lowest BCUT2D eigenvalue weighted by Gasteiger charge is -2.27. The van der Waals surface area contributed by atoms with Gasteiger partial charge in [-0.15, -0.1) is 0 Å². The van der Waals surface area contributed by atoms with Crippen molar-refractivity contribution in [1.82, 2.24) is 10.6 Å². The second-order valence-corrected chi connectivity index (χ2v) is 5.18. The van der Waals surface area contributed by atoms with Gasteiger partial charge >= 0.3 is 12.0 Å². The summed E-state index contributed by atoms with van der Waals surface area (Å²) in [4.78, 5) is 22.2. The molecule has 0 spiro atoms. The van der Waals surface area contributed by atoms with Crippen LogP contribution in [-0.2, 0) is 14.3 Å². The van der Waals surface area contributed by atoms with E-state index in [4.69, 9.17) is 14.6 Å². The normalized spacial score (nSPS) is 19.8. The Hall–Kier alpha value is -1.34. The van der Waals surface area contributed by atoms with Gasteiger partial charge in [-0.1, -0.05) is 0 Å². The Balaban J connectivity index is 2.23. The largest absolute Gasteiger partial charge is 0.481 e. The van der Waals surface area contributed by atoms with Crippen molar-refractivity contribution in [2.45, 2.75) is 38.3 Å². The van der Waals surface area contributed by atoms with Crippen LogP contribution >= 0.6 is 0 Å². The number of carboxylic acid groups (broad SMARTS) is 1. The number of carbonyl (C=O) groups is 2. The molecule has 19 heavy (non-hydrogen) atoms. The molecule has 2 amide bonds. The summed E-state index contributed by atoms with van der Waals surface area (Å²) in [6.07, 6.45) is 0.271. The first-order chi connectivity index (χ1) is 8.89. The van der Waals surface area contributed by atoms with Crippen LogP contribution in [0.15, 0.2) is 0 Å². The van der Waals surface area contributed by atoms with Gasteiger partial charge in [-0.25, -0.2) is 4.79 Å². The van der Waals surface area contributed by atoms with Gasteiger partial charge in [0, 0.05) is 18.5 Å². The Morgan fingerprint density at radius 1 is 1.37 bits per heavy atom. The average Bonchev–Trinajstić information content (AvgIpc) is 2.35. The molecule has 110 valence electrons. The topological polar surface area (TPSA) is 96.9 Å². The molecular formula is C12H22N2O5. The molecule has 0 radical (unpaired) electrons. The molecule has 0 aromatic heterocycles. The first-order valence-corrected chi connectivity index (χ1v) is 6.36.